The molecule has 0 aromatic carbocycles. The Morgan fingerprint density at radius 3 is 2.50 bits per heavy atom. The summed E-state index contributed by atoms with van der Waals surface area (Å²) < 4.78 is 0. The fourth-order valence-electron chi connectivity index (χ4n) is 3.18. The Hall–Kier alpha value is -0.970. The van der Waals surface area contributed by atoms with E-state index in [9.17, 15) is 0 Å². The number of hydrogen-bond donors (Lipinski definition) is 1. The number of hydrogen-bond acceptors (Lipinski definition) is 4. The van der Waals surface area contributed by atoms with Crippen LogP contribution in [0.3, 0.4) is 0 Å². The van der Waals surface area contributed by atoms with Gasteiger partial charge in [0.05, 0.1) is 7.05 Å². The van der Waals surface area contributed by atoms with Crippen LogP contribution in [0.2, 0.25) is 0 Å². The molecule has 2 N–H and O–H groups in total. The molecule has 1 aliphatic carbocycles. The molecule has 0 aliphatic heterocycles. The van der Waals surface area contributed by atoms with Gasteiger partial charge in [-0.15, -0.1) is 10.2 Å². The van der Waals surface area contributed by atoms with Crippen molar-refractivity contribution in [2.24, 2.45) is 24.6 Å². The average Bonchev–Trinajstić information content (AvgIpc) is 2.47. The van der Waals surface area contributed by atoms with Crippen molar-refractivity contribution in [3.63, 3.8) is 0 Å². The van der Waals surface area contributed by atoms with Gasteiger partial charge in [0.1, 0.15) is 0 Å². The Morgan fingerprint density at radius 2 is 2.00 bits per heavy atom. The van der Waals surface area contributed by atoms with Gasteiger partial charge in [-0.3, -0.25) is 0 Å². The molecular formula is C11H21N5. The maximum Gasteiger partial charge on any atom is 0.176 e. The highest BCUT2D eigenvalue weighted by molar-refractivity contribution is 4.99. The molecule has 1 heterocycles. The van der Waals surface area contributed by atoms with Crippen molar-refractivity contribution in [1.82, 2.24) is 20.2 Å². The zero-order valence-corrected chi connectivity index (χ0v) is 10.3. The van der Waals surface area contributed by atoms with Crippen LogP contribution in [0.4, 0.5) is 0 Å². The SMILES string of the molecule is CC1CC(C)CC(N)(Cc2nnn(C)n2)C1. The number of nitrogens with zero attached hydrogens (tertiary/aromatic N) is 4. The third-order valence-corrected chi connectivity index (χ3v) is 3.37. The van der Waals surface area contributed by atoms with Crippen LogP contribution in [0.1, 0.15) is 38.9 Å². The fraction of sp³-hybridized carbons (Fsp3) is 0.909. The van der Waals surface area contributed by atoms with E-state index >= 15 is 0 Å². The van der Waals surface area contributed by atoms with Gasteiger partial charge in [-0.25, -0.2) is 0 Å². The minimum absolute atomic E-state index is 0.139. The van der Waals surface area contributed by atoms with E-state index in [4.69, 9.17) is 5.73 Å². The minimum Gasteiger partial charge on any atom is -0.325 e. The first-order valence-corrected chi connectivity index (χ1v) is 5.99. The first kappa shape index (κ1) is 11.5. The van der Waals surface area contributed by atoms with Crippen molar-refractivity contribution in [2.45, 2.75) is 45.1 Å². The van der Waals surface area contributed by atoms with Crippen LogP contribution in [0, 0.1) is 11.8 Å². The molecule has 0 radical (unpaired) electrons. The molecule has 0 bridgehead atoms. The molecule has 1 aliphatic rings. The molecule has 0 saturated heterocycles. The van der Waals surface area contributed by atoms with Crippen LogP contribution in [-0.2, 0) is 13.5 Å². The second-order valence-corrected chi connectivity index (χ2v) is 5.59. The summed E-state index contributed by atoms with van der Waals surface area (Å²) in [5.74, 6) is 2.17. The summed E-state index contributed by atoms with van der Waals surface area (Å²) in [6, 6.07) is 0. The zero-order valence-electron chi connectivity index (χ0n) is 10.3. The van der Waals surface area contributed by atoms with Gasteiger partial charge in [0, 0.05) is 12.0 Å². The van der Waals surface area contributed by atoms with E-state index in [1.54, 1.807) is 7.05 Å². The fourth-order valence-corrected chi connectivity index (χ4v) is 3.18. The molecule has 2 atom stereocenters. The summed E-state index contributed by atoms with van der Waals surface area (Å²) in [6.07, 6.45) is 4.16. The van der Waals surface area contributed by atoms with E-state index in [2.05, 4.69) is 29.3 Å². The number of rotatable bonds is 2. The van der Waals surface area contributed by atoms with Gasteiger partial charge in [-0.2, -0.15) is 4.80 Å². The van der Waals surface area contributed by atoms with Gasteiger partial charge in [-0.05, 0) is 36.3 Å². The second kappa shape index (κ2) is 4.13. The van der Waals surface area contributed by atoms with E-state index < -0.39 is 0 Å². The summed E-state index contributed by atoms with van der Waals surface area (Å²) in [7, 11) is 1.78. The first-order chi connectivity index (χ1) is 7.47. The van der Waals surface area contributed by atoms with Crippen LogP contribution in [0.25, 0.3) is 0 Å². The topological polar surface area (TPSA) is 69.6 Å². The van der Waals surface area contributed by atoms with E-state index in [1.165, 1.54) is 11.2 Å². The van der Waals surface area contributed by atoms with Crippen molar-refractivity contribution in [1.29, 1.82) is 0 Å². The Kier molecular flexibility index (Phi) is 2.97. The Bertz CT molecular complexity index is 349. The molecule has 1 aromatic rings. The third kappa shape index (κ3) is 2.58. The number of tetrazole rings is 1. The van der Waals surface area contributed by atoms with E-state index in [1.807, 2.05) is 0 Å². The highest BCUT2D eigenvalue weighted by atomic mass is 15.6. The Balaban J connectivity index is 2.07. The predicted octanol–water partition coefficient (Wildman–Crippen LogP) is 0.906. The molecule has 1 aromatic heterocycles. The van der Waals surface area contributed by atoms with E-state index in [0.717, 1.165) is 25.1 Å². The maximum absolute atomic E-state index is 6.46. The van der Waals surface area contributed by atoms with Crippen LogP contribution >= 0.6 is 0 Å². The molecule has 2 rings (SSSR count). The third-order valence-electron chi connectivity index (χ3n) is 3.37. The van der Waals surface area contributed by atoms with Crippen LogP contribution in [0.5, 0.6) is 0 Å². The average molecular weight is 223 g/mol. The monoisotopic (exact) mass is 223 g/mol. The van der Waals surface area contributed by atoms with Crippen molar-refractivity contribution in [2.75, 3.05) is 0 Å². The van der Waals surface area contributed by atoms with E-state index in [-0.39, 0.29) is 5.54 Å². The molecule has 0 spiro atoms. The van der Waals surface area contributed by atoms with Crippen LogP contribution in [0.15, 0.2) is 0 Å². The Labute approximate surface area is 96.4 Å². The second-order valence-electron chi connectivity index (χ2n) is 5.59. The smallest absolute Gasteiger partial charge is 0.176 e. The lowest BCUT2D eigenvalue weighted by molar-refractivity contribution is 0.180. The molecule has 1 fully saturated rings. The van der Waals surface area contributed by atoms with Crippen LogP contribution in [-0.4, -0.2) is 25.7 Å². The summed E-state index contributed by atoms with van der Waals surface area (Å²) in [5.41, 5.74) is 6.33. The molecular weight excluding hydrogens is 202 g/mol. The molecule has 5 heteroatoms. The van der Waals surface area contributed by atoms with Crippen molar-refractivity contribution < 1.29 is 0 Å². The standard InChI is InChI=1S/C11H21N5/c1-8-4-9(2)6-11(12,5-8)7-10-13-15-16(3)14-10/h8-9H,4-7,12H2,1-3H3. The molecule has 5 nitrogen and oxygen atoms in total. The summed E-state index contributed by atoms with van der Waals surface area (Å²) in [4.78, 5) is 1.49. The zero-order chi connectivity index (χ0) is 11.8. The van der Waals surface area contributed by atoms with Gasteiger partial charge in [0.25, 0.3) is 0 Å². The molecule has 2 unspecified atom stereocenters. The lowest BCUT2D eigenvalue weighted by Gasteiger charge is -2.39. The normalized spacial score (nSPS) is 35.2. The molecule has 0 amide bonds. The van der Waals surface area contributed by atoms with E-state index in [0.29, 0.717) is 11.8 Å². The van der Waals surface area contributed by atoms with Crippen molar-refractivity contribution in [3.05, 3.63) is 5.82 Å². The first-order valence-electron chi connectivity index (χ1n) is 5.99. The number of aryl methyl sites for hydroxylation is 1. The number of aromatic nitrogens is 4. The highest BCUT2D eigenvalue weighted by Gasteiger charge is 2.35. The maximum atomic E-state index is 6.46. The molecule has 1 saturated carbocycles. The Morgan fingerprint density at radius 1 is 1.38 bits per heavy atom. The van der Waals surface area contributed by atoms with Crippen LogP contribution < -0.4 is 5.73 Å². The summed E-state index contributed by atoms with van der Waals surface area (Å²) in [6.45, 7) is 4.56. The summed E-state index contributed by atoms with van der Waals surface area (Å²) >= 11 is 0. The lowest BCUT2D eigenvalue weighted by Crippen LogP contribution is -2.48. The van der Waals surface area contributed by atoms with Gasteiger partial charge in [-0.1, -0.05) is 13.8 Å². The van der Waals surface area contributed by atoms with Gasteiger partial charge < -0.3 is 5.73 Å². The lowest BCUT2D eigenvalue weighted by atomic mass is 9.70. The van der Waals surface area contributed by atoms with Gasteiger partial charge in [0.2, 0.25) is 0 Å². The van der Waals surface area contributed by atoms with Gasteiger partial charge >= 0.3 is 0 Å². The highest BCUT2D eigenvalue weighted by Crippen LogP contribution is 2.35. The molecule has 16 heavy (non-hydrogen) atoms. The minimum atomic E-state index is -0.139. The molecule has 90 valence electrons. The van der Waals surface area contributed by atoms with Gasteiger partial charge in [0.15, 0.2) is 5.82 Å². The van der Waals surface area contributed by atoms with Crippen molar-refractivity contribution >= 4 is 0 Å². The van der Waals surface area contributed by atoms with Crippen molar-refractivity contribution in [3.8, 4) is 0 Å². The largest absolute Gasteiger partial charge is 0.325 e. The predicted molar refractivity (Wildman–Crippen MR) is 61.6 cm³/mol. The quantitative estimate of drug-likeness (QED) is 0.809. The summed E-state index contributed by atoms with van der Waals surface area (Å²) in [5, 5.41) is 12.1. The number of nitrogens with two attached hydrogens (primary N) is 1.